The molecule has 1 aromatic heterocycles. The van der Waals surface area contributed by atoms with Gasteiger partial charge in [0.2, 0.25) is 5.91 Å². The van der Waals surface area contributed by atoms with Crippen molar-refractivity contribution < 1.29 is 19.1 Å². The molecular weight excluding hydrogens is 384 g/mol. The van der Waals surface area contributed by atoms with Crippen LogP contribution in [0.1, 0.15) is 31.4 Å². The Morgan fingerprint density at radius 3 is 2.67 bits per heavy atom. The number of carbonyl (C=O) groups is 2. The highest BCUT2D eigenvalue weighted by atomic mass is 16.6. The molecule has 1 spiro atoms. The summed E-state index contributed by atoms with van der Waals surface area (Å²) in [5.74, 6) is 0.832. The van der Waals surface area contributed by atoms with Gasteiger partial charge in [0, 0.05) is 32.1 Å². The molecule has 2 fully saturated rings. The third kappa shape index (κ3) is 4.27. The van der Waals surface area contributed by atoms with Crippen molar-refractivity contribution in [2.75, 3.05) is 32.8 Å². The number of piperidine rings is 1. The number of hydrogen-bond donors (Lipinski definition) is 0. The van der Waals surface area contributed by atoms with Crippen LogP contribution in [-0.4, -0.2) is 70.0 Å². The lowest BCUT2D eigenvalue weighted by Crippen LogP contribution is -2.50. The quantitative estimate of drug-likeness (QED) is 0.729. The van der Waals surface area contributed by atoms with E-state index in [1.807, 2.05) is 55.3 Å². The van der Waals surface area contributed by atoms with E-state index in [0.29, 0.717) is 45.6 Å². The van der Waals surface area contributed by atoms with Crippen LogP contribution in [0.25, 0.3) is 0 Å². The minimum atomic E-state index is -0.508. The average molecular weight is 412 g/mol. The summed E-state index contributed by atoms with van der Waals surface area (Å²) in [6.07, 6.45) is 4.62. The van der Waals surface area contributed by atoms with Crippen LogP contribution < -0.4 is 4.74 Å². The number of benzene rings is 1. The van der Waals surface area contributed by atoms with E-state index >= 15 is 0 Å². The van der Waals surface area contributed by atoms with Crippen molar-refractivity contribution in [2.24, 2.45) is 0 Å². The molecule has 1 unspecified atom stereocenters. The molecule has 0 N–H and O–H groups in total. The second kappa shape index (κ2) is 8.38. The summed E-state index contributed by atoms with van der Waals surface area (Å²) in [5, 5.41) is 4.25. The summed E-state index contributed by atoms with van der Waals surface area (Å²) in [6, 6.07) is 9.20. The zero-order valence-electron chi connectivity index (χ0n) is 17.5. The smallest absolute Gasteiger partial charge is 0.410 e. The Morgan fingerprint density at radius 1 is 1.27 bits per heavy atom. The first-order valence-electron chi connectivity index (χ1n) is 10.4. The zero-order valence-corrected chi connectivity index (χ0v) is 17.5. The second-order valence-electron chi connectivity index (χ2n) is 8.13. The lowest BCUT2D eigenvalue weighted by Gasteiger charge is -2.38. The summed E-state index contributed by atoms with van der Waals surface area (Å²) in [4.78, 5) is 28.8. The number of carbonyl (C=O) groups excluding carboxylic acids is 2. The molecule has 0 saturated carbocycles. The van der Waals surface area contributed by atoms with Crippen LogP contribution in [-0.2, 0) is 9.53 Å². The third-order valence-corrected chi connectivity index (χ3v) is 5.89. The molecule has 30 heavy (non-hydrogen) atoms. The van der Waals surface area contributed by atoms with E-state index in [4.69, 9.17) is 9.47 Å². The van der Waals surface area contributed by atoms with Crippen molar-refractivity contribution >= 4 is 12.0 Å². The van der Waals surface area contributed by atoms with Gasteiger partial charge in [-0.05, 0) is 31.5 Å². The summed E-state index contributed by atoms with van der Waals surface area (Å²) >= 11 is 0. The van der Waals surface area contributed by atoms with Crippen LogP contribution >= 0.6 is 0 Å². The van der Waals surface area contributed by atoms with Crippen molar-refractivity contribution in [2.45, 2.75) is 38.3 Å². The number of aryl methyl sites for hydroxylation is 1. The number of likely N-dealkylation sites (tertiary alicyclic amines) is 1. The van der Waals surface area contributed by atoms with Crippen molar-refractivity contribution in [3.05, 3.63) is 48.3 Å². The van der Waals surface area contributed by atoms with Gasteiger partial charge in [-0.2, -0.15) is 5.10 Å². The lowest BCUT2D eigenvalue weighted by atomic mass is 9.91. The van der Waals surface area contributed by atoms with Crippen LogP contribution in [0.5, 0.6) is 5.75 Å². The largest absolute Gasteiger partial charge is 0.492 e. The Balaban J connectivity index is 1.27. The van der Waals surface area contributed by atoms with Crippen molar-refractivity contribution in [1.82, 2.24) is 19.6 Å². The second-order valence-corrected chi connectivity index (χ2v) is 8.13. The molecule has 2 saturated heterocycles. The normalized spacial score (nSPS) is 19.1. The van der Waals surface area contributed by atoms with Gasteiger partial charge in [-0.3, -0.25) is 9.48 Å². The van der Waals surface area contributed by atoms with E-state index in [2.05, 4.69) is 5.10 Å². The van der Waals surface area contributed by atoms with Gasteiger partial charge in [0.1, 0.15) is 24.0 Å². The Hall–Kier alpha value is -3.03. The van der Waals surface area contributed by atoms with E-state index in [9.17, 15) is 9.59 Å². The van der Waals surface area contributed by atoms with Crippen molar-refractivity contribution in [1.29, 1.82) is 0 Å². The SMILES string of the molecule is Cc1cnn(C(C)C(=O)N2CCC3(CC2)CN(CCOc2ccccc2)C(=O)O3)c1. The molecule has 1 aromatic carbocycles. The highest BCUT2D eigenvalue weighted by Gasteiger charge is 2.47. The van der Waals surface area contributed by atoms with Crippen LogP contribution in [0.4, 0.5) is 4.79 Å². The summed E-state index contributed by atoms with van der Waals surface area (Å²) in [6.45, 7) is 6.41. The predicted octanol–water partition coefficient (Wildman–Crippen LogP) is 2.64. The van der Waals surface area contributed by atoms with Gasteiger partial charge in [0.25, 0.3) is 0 Å². The highest BCUT2D eigenvalue weighted by molar-refractivity contribution is 5.80. The maximum Gasteiger partial charge on any atom is 0.410 e. The summed E-state index contributed by atoms with van der Waals surface area (Å²) in [5.41, 5.74) is 0.521. The van der Waals surface area contributed by atoms with E-state index in [1.54, 1.807) is 15.8 Å². The number of ether oxygens (including phenoxy) is 2. The molecule has 0 radical (unpaired) electrons. The van der Waals surface area contributed by atoms with Gasteiger partial charge in [-0.1, -0.05) is 18.2 Å². The van der Waals surface area contributed by atoms with Crippen molar-refractivity contribution in [3.63, 3.8) is 0 Å². The molecule has 2 amide bonds. The van der Waals surface area contributed by atoms with E-state index in [-0.39, 0.29) is 18.0 Å². The third-order valence-electron chi connectivity index (χ3n) is 5.89. The Labute approximate surface area is 176 Å². The molecule has 2 aromatic rings. The molecule has 0 bridgehead atoms. The van der Waals surface area contributed by atoms with Gasteiger partial charge in [0.05, 0.1) is 19.3 Å². The van der Waals surface area contributed by atoms with E-state index in [0.717, 1.165) is 11.3 Å². The van der Waals surface area contributed by atoms with Crippen LogP contribution in [0.15, 0.2) is 42.7 Å². The Morgan fingerprint density at radius 2 is 2.00 bits per heavy atom. The van der Waals surface area contributed by atoms with Gasteiger partial charge in [-0.15, -0.1) is 0 Å². The fraction of sp³-hybridized carbons (Fsp3) is 0.500. The molecule has 2 aliphatic heterocycles. The number of para-hydroxylation sites is 1. The maximum atomic E-state index is 12.8. The number of aromatic nitrogens is 2. The van der Waals surface area contributed by atoms with Crippen LogP contribution in [0.3, 0.4) is 0 Å². The molecule has 2 aliphatic rings. The molecule has 1 atom stereocenters. The minimum absolute atomic E-state index is 0.0467. The number of hydrogen-bond acceptors (Lipinski definition) is 5. The first kappa shape index (κ1) is 20.3. The zero-order chi connectivity index (χ0) is 21.1. The summed E-state index contributed by atoms with van der Waals surface area (Å²) in [7, 11) is 0. The number of nitrogens with zero attached hydrogens (tertiary/aromatic N) is 4. The molecule has 0 aliphatic carbocycles. The maximum absolute atomic E-state index is 12.8. The average Bonchev–Trinajstić information content (AvgIpc) is 3.31. The fourth-order valence-corrected chi connectivity index (χ4v) is 4.07. The topological polar surface area (TPSA) is 76.9 Å². The first-order valence-corrected chi connectivity index (χ1v) is 10.4. The number of rotatable bonds is 6. The highest BCUT2D eigenvalue weighted by Crippen LogP contribution is 2.33. The first-order chi connectivity index (χ1) is 14.5. The van der Waals surface area contributed by atoms with Crippen molar-refractivity contribution in [3.8, 4) is 5.75 Å². The molecule has 4 rings (SSSR count). The van der Waals surface area contributed by atoms with E-state index < -0.39 is 5.60 Å². The van der Waals surface area contributed by atoms with Gasteiger partial charge in [-0.25, -0.2) is 4.79 Å². The molecule has 8 nitrogen and oxygen atoms in total. The van der Waals surface area contributed by atoms with Crippen LogP contribution in [0, 0.1) is 6.92 Å². The number of amides is 2. The monoisotopic (exact) mass is 412 g/mol. The Bertz CT molecular complexity index is 890. The minimum Gasteiger partial charge on any atom is -0.492 e. The predicted molar refractivity (Wildman–Crippen MR) is 110 cm³/mol. The van der Waals surface area contributed by atoms with E-state index in [1.165, 1.54) is 0 Å². The van der Waals surface area contributed by atoms with Gasteiger partial charge >= 0.3 is 6.09 Å². The standard InChI is InChI=1S/C22H28N4O4/c1-17-14-23-26(15-17)18(2)20(27)24-10-8-22(9-11-24)16-25(21(28)30-22)12-13-29-19-6-4-3-5-7-19/h3-7,14-15,18H,8-13,16H2,1-2H3. The van der Waals surface area contributed by atoms with Gasteiger partial charge in [0.15, 0.2) is 0 Å². The molecule has 3 heterocycles. The molecule has 8 heteroatoms. The van der Waals surface area contributed by atoms with Gasteiger partial charge < -0.3 is 19.3 Å². The fourth-order valence-electron chi connectivity index (χ4n) is 4.07. The Kier molecular flexibility index (Phi) is 5.65. The van der Waals surface area contributed by atoms with Crippen LogP contribution in [0.2, 0.25) is 0 Å². The summed E-state index contributed by atoms with van der Waals surface area (Å²) < 4.78 is 13.2. The molecular formula is C22H28N4O4. The molecule has 160 valence electrons. The lowest BCUT2D eigenvalue weighted by molar-refractivity contribution is -0.138.